The van der Waals surface area contributed by atoms with E-state index in [9.17, 15) is 0 Å². The highest BCUT2D eigenvalue weighted by Gasteiger charge is 2.16. The fourth-order valence-corrected chi connectivity index (χ4v) is 2.14. The van der Waals surface area contributed by atoms with Crippen LogP contribution in [0.3, 0.4) is 0 Å². The second kappa shape index (κ2) is 6.35. The Morgan fingerprint density at radius 3 is 2.46 bits per heavy atom. The topological polar surface area (TPSA) is 36.1 Å². The van der Waals surface area contributed by atoms with Crippen LogP contribution in [0.25, 0.3) is 0 Å². The van der Waals surface area contributed by atoms with Crippen LogP contribution in [0.15, 0.2) is 0 Å². The molecule has 0 aromatic heterocycles. The van der Waals surface area contributed by atoms with E-state index in [1.165, 1.54) is 32.1 Å². The van der Waals surface area contributed by atoms with E-state index in [2.05, 4.69) is 23.1 Å². The summed E-state index contributed by atoms with van der Waals surface area (Å²) in [5, 5.41) is 3.54. The zero-order valence-corrected chi connectivity index (χ0v) is 8.90. The van der Waals surface area contributed by atoms with Gasteiger partial charge in [0, 0.05) is 12.1 Å². The Kier molecular flexibility index (Phi) is 5.35. The van der Waals surface area contributed by atoms with Gasteiger partial charge in [-0.3, -0.25) is 10.9 Å². The molecule has 3 N–H and O–H groups in total. The summed E-state index contributed by atoms with van der Waals surface area (Å²) in [5.74, 6) is 0. The molecule has 0 aromatic carbocycles. The molecule has 78 valence electrons. The van der Waals surface area contributed by atoms with Gasteiger partial charge in [0.05, 0.1) is 0 Å². The van der Waals surface area contributed by atoms with Crippen LogP contribution in [0.4, 0.5) is 0 Å². The van der Waals surface area contributed by atoms with Crippen LogP contribution in [-0.2, 0) is 0 Å². The van der Waals surface area contributed by atoms with Gasteiger partial charge in [0.1, 0.15) is 0 Å². The summed E-state index contributed by atoms with van der Waals surface area (Å²) in [6.07, 6.45) is 6.60. The van der Waals surface area contributed by atoms with E-state index in [1.807, 2.05) is 7.05 Å². The van der Waals surface area contributed by atoms with Crippen LogP contribution in [0.1, 0.15) is 39.0 Å². The maximum Gasteiger partial charge on any atom is 0.0213 e. The van der Waals surface area contributed by atoms with E-state index in [0.717, 1.165) is 12.6 Å². The van der Waals surface area contributed by atoms with Crippen molar-refractivity contribution < 1.29 is 0 Å². The van der Waals surface area contributed by atoms with Crippen LogP contribution in [0, 0.1) is 0 Å². The van der Waals surface area contributed by atoms with E-state index < -0.39 is 0 Å². The molecular formula is C10H23N3. The van der Waals surface area contributed by atoms with Gasteiger partial charge in [-0.2, -0.15) is 0 Å². The highest BCUT2D eigenvalue weighted by molar-refractivity contribution is 4.76. The summed E-state index contributed by atoms with van der Waals surface area (Å²) in [6.45, 7) is 3.29. The van der Waals surface area contributed by atoms with Gasteiger partial charge < -0.3 is 5.32 Å². The van der Waals surface area contributed by atoms with E-state index >= 15 is 0 Å². The van der Waals surface area contributed by atoms with Gasteiger partial charge in [-0.15, -0.1) is 0 Å². The second-order valence-electron chi connectivity index (χ2n) is 3.85. The molecular weight excluding hydrogens is 162 g/mol. The van der Waals surface area contributed by atoms with Gasteiger partial charge in [0.25, 0.3) is 0 Å². The van der Waals surface area contributed by atoms with Crippen LogP contribution in [-0.4, -0.2) is 25.7 Å². The molecule has 0 saturated heterocycles. The predicted octanol–water partition coefficient (Wildman–Crippen LogP) is 1.02. The molecule has 1 saturated carbocycles. The maximum atomic E-state index is 3.54. The third-order valence-corrected chi connectivity index (χ3v) is 2.81. The fraction of sp³-hybridized carbons (Fsp3) is 1.00. The highest BCUT2D eigenvalue weighted by Crippen LogP contribution is 2.17. The van der Waals surface area contributed by atoms with Gasteiger partial charge in [-0.25, -0.2) is 0 Å². The lowest BCUT2D eigenvalue weighted by molar-refractivity contribution is 0.410. The molecule has 3 heteroatoms. The molecule has 13 heavy (non-hydrogen) atoms. The molecule has 0 spiro atoms. The van der Waals surface area contributed by atoms with Crippen LogP contribution in [0.2, 0.25) is 0 Å². The lowest BCUT2D eigenvalue weighted by Gasteiger charge is -2.16. The molecule has 0 bridgehead atoms. The lowest BCUT2D eigenvalue weighted by Crippen LogP contribution is -2.38. The highest BCUT2D eigenvalue weighted by atomic mass is 15.3. The Morgan fingerprint density at radius 2 is 1.77 bits per heavy atom. The molecule has 1 aliphatic carbocycles. The van der Waals surface area contributed by atoms with Gasteiger partial charge >= 0.3 is 0 Å². The van der Waals surface area contributed by atoms with Gasteiger partial charge in [0.2, 0.25) is 0 Å². The molecule has 0 radical (unpaired) electrons. The third kappa shape index (κ3) is 4.07. The fourth-order valence-electron chi connectivity index (χ4n) is 2.14. The summed E-state index contributed by atoms with van der Waals surface area (Å²) in [7, 11) is 1.95. The minimum Gasteiger partial charge on any atom is -0.314 e. The number of nitrogens with one attached hydrogen (secondary N) is 3. The monoisotopic (exact) mass is 185 g/mol. The molecule has 1 rings (SSSR count). The predicted molar refractivity (Wildman–Crippen MR) is 56.5 cm³/mol. The Hall–Kier alpha value is -0.120. The number of hydrazine groups is 1. The molecule has 2 unspecified atom stereocenters. The van der Waals surface area contributed by atoms with Crippen molar-refractivity contribution in [1.82, 2.24) is 16.2 Å². The molecule has 2 atom stereocenters. The van der Waals surface area contributed by atoms with Gasteiger partial charge in [-0.05, 0) is 39.3 Å². The molecule has 1 fully saturated rings. The van der Waals surface area contributed by atoms with Crippen molar-refractivity contribution in [2.24, 2.45) is 0 Å². The summed E-state index contributed by atoms with van der Waals surface area (Å²) >= 11 is 0. The molecule has 0 heterocycles. The minimum atomic E-state index is 0.675. The molecule has 1 aliphatic rings. The normalized spacial score (nSPS) is 30.0. The van der Waals surface area contributed by atoms with Crippen molar-refractivity contribution in [2.75, 3.05) is 13.6 Å². The average Bonchev–Trinajstić information content (AvgIpc) is 2.33. The Balaban J connectivity index is 2.22. The maximum absolute atomic E-state index is 3.54. The zero-order valence-electron chi connectivity index (χ0n) is 8.90. The van der Waals surface area contributed by atoms with E-state index in [1.54, 1.807) is 0 Å². The first-order valence-electron chi connectivity index (χ1n) is 5.52. The second-order valence-corrected chi connectivity index (χ2v) is 3.85. The van der Waals surface area contributed by atoms with Crippen molar-refractivity contribution in [3.63, 3.8) is 0 Å². The smallest absolute Gasteiger partial charge is 0.0213 e. The van der Waals surface area contributed by atoms with E-state index in [0.29, 0.717) is 6.04 Å². The molecule has 0 aromatic rings. The van der Waals surface area contributed by atoms with Gasteiger partial charge in [0.15, 0.2) is 0 Å². The van der Waals surface area contributed by atoms with Crippen molar-refractivity contribution in [3.05, 3.63) is 0 Å². The Labute approximate surface area is 81.6 Å². The Morgan fingerprint density at radius 1 is 1.08 bits per heavy atom. The zero-order chi connectivity index (χ0) is 9.52. The molecule has 0 amide bonds. The van der Waals surface area contributed by atoms with Crippen molar-refractivity contribution in [3.8, 4) is 0 Å². The van der Waals surface area contributed by atoms with Crippen LogP contribution >= 0.6 is 0 Å². The van der Waals surface area contributed by atoms with Crippen molar-refractivity contribution >= 4 is 0 Å². The van der Waals surface area contributed by atoms with Gasteiger partial charge in [-0.1, -0.05) is 13.3 Å². The molecule has 3 nitrogen and oxygen atoms in total. The summed E-state index contributed by atoms with van der Waals surface area (Å²) in [6, 6.07) is 1.43. The van der Waals surface area contributed by atoms with E-state index in [-0.39, 0.29) is 0 Å². The average molecular weight is 185 g/mol. The van der Waals surface area contributed by atoms with Crippen molar-refractivity contribution in [1.29, 1.82) is 0 Å². The summed E-state index contributed by atoms with van der Waals surface area (Å²) in [4.78, 5) is 0. The Bertz CT molecular complexity index is 113. The molecule has 0 aliphatic heterocycles. The number of hydrogen-bond acceptors (Lipinski definition) is 3. The van der Waals surface area contributed by atoms with E-state index in [4.69, 9.17) is 0 Å². The number of rotatable bonds is 4. The lowest BCUT2D eigenvalue weighted by atomic mass is 10.1. The summed E-state index contributed by atoms with van der Waals surface area (Å²) in [5.41, 5.74) is 6.35. The number of hydrogen-bond donors (Lipinski definition) is 3. The van der Waals surface area contributed by atoms with Crippen LogP contribution in [0.5, 0.6) is 0 Å². The first-order chi connectivity index (χ1) is 6.36. The first-order valence-corrected chi connectivity index (χ1v) is 5.52. The minimum absolute atomic E-state index is 0.675. The van der Waals surface area contributed by atoms with Crippen molar-refractivity contribution in [2.45, 2.75) is 51.1 Å². The largest absolute Gasteiger partial charge is 0.314 e. The quantitative estimate of drug-likeness (QED) is 0.452. The first kappa shape index (κ1) is 11.0. The standard InChI is InChI=1S/C10H23N3/c1-3-12-9-5-4-6-10(8-7-9)13-11-2/h9-13H,3-8H2,1-2H3. The third-order valence-electron chi connectivity index (χ3n) is 2.81. The SMILES string of the molecule is CCNC1CCCC(NNC)CC1. The van der Waals surface area contributed by atoms with Crippen LogP contribution < -0.4 is 16.2 Å². The summed E-state index contributed by atoms with van der Waals surface area (Å²) < 4.78 is 0.